The van der Waals surface area contributed by atoms with Crippen LogP contribution < -0.4 is 11.3 Å². The van der Waals surface area contributed by atoms with Crippen molar-refractivity contribution in [3.8, 4) is 0 Å². The number of aromatic amines is 1. The molecule has 182 valence electrons. The summed E-state index contributed by atoms with van der Waals surface area (Å²) in [5.74, 6) is -0.276. The molecule has 9 N–H and O–H groups in total. The molecular formula is C10H16N5Na2O14P3. The van der Waals surface area contributed by atoms with E-state index in [1.165, 1.54) is 0 Å². The number of aliphatic hydroxyl groups excluding tert-OH is 2. The third-order valence-electron chi connectivity index (χ3n) is 3.88. The zero-order valence-electron chi connectivity index (χ0n) is 17.3. The molecule has 2 aromatic rings. The fraction of sp³-hybridized carbons (Fsp3) is 0.500. The van der Waals surface area contributed by atoms with Crippen molar-refractivity contribution in [1.82, 2.24) is 19.5 Å². The Kier molecular flexibility index (Phi) is 11.3. The van der Waals surface area contributed by atoms with Crippen LogP contribution in [0.2, 0.25) is 0 Å². The molecule has 0 aromatic carbocycles. The van der Waals surface area contributed by atoms with Crippen LogP contribution in [0.5, 0.6) is 0 Å². The zero-order valence-corrected chi connectivity index (χ0v) is 24.0. The molecule has 6 atom stereocenters. The largest absolute Gasteiger partial charge is 0.490 e. The summed E-state index contributed by atoms with van der Waals surface area (Å²) in [6, 6.07) is 0. The van der Waals surface area contributed by atoms with E-state index in [1.807, 2.05) is 0 Å². The molecule has 0 aliphatic carbocycles. The van der Waals surface area contributed by atoms with Gasteiger partial charge in [0, 0.05) is 59.1 Å². The molecule has 1 aliphatic rings. The number of ether oxygens (including phenoxy) is 1. The second-order valence-electron chi connectivity index (χ2n) is 6.21. The molecule has 24 heteroatoms. The monoisotopic (exact) mass is 569 g/mol. The number of nitrogen functional groups attached to an aromatic ring is 1. The summed E-state index contributed by atoms with van der Waals surface area (Å²) in [5.41, 5.74) is 4.50. The molecule has 0 bridgehead atoms. The molecule has 3 rings (SSSR count). The van der Waals surface area contributed by atoms with E-state index in [0.29, 0.717) is 0 Å². The molecular weight excluding hydrogens is 553 g/mol. The first-order valence-corrected chi connectivity index (χ1v) is 12.6. The average molecular weight is 569 g/mol. The van der Waals surface area contributed by atoms with Gasteiger partial charge in [0.25, 0.3) is 5.56 Å². The Hall–Kier alpha value is 0.440. The van der Waals surface area contributed by atoms with Crippen LogP contribution in [0.25, 0.3) is 11.2 Å². The van der Waals surface area contributed by atoms with Crippen LogP contribution >= 0.6 is 23.5 Å². The first-order valence-electron chi connectivity index (χ1n) is 8.11. The van der Waals surface area contributed by atoms with E-state index in [-0.39, 0.29) is 76.2 Å². The Morgan fingerprint density at radius 2 is 1.71 bits per heavy atom. The van der Waals surface area contributed by atoms with Gasteiger partial charge in [0.15, 0.2) is 17.4 Å². The van der Waals surface area contributed by atoms with Gasteiger partial charge in [-0.05, 0) is 0 Å². The molecule has 3 heterocycles. The minimum Gasteiger partial charge on any atom is -0.387 e. The standard InChI is InChI=1S/C10H16N5O14P3.2Na/c11-10-13-7-4(8(18)14-10)12-2-15(7)9-6(17)5(16)3(27-9)1-26-31(22,23)29-32(24,25)28-30(19,20)21;;/h2-3,5-6,9,16-17H,1H2,(H,22,23)(H,24,25)(H2,19,20,21)(H3,11,13,14,18);;/t3-,5-,6-,9-;;/m1../s1. The van der Waals surface area contributed by atoms with Crippen molar-refractivity contribution in [1.29, 1.82) is 0 Å². The fourth-order valence-corrected chi connectivity index (χ4v) is 5.73. The van der Waals surface area contributed by atoms with Crippen molar-refractivity contribution in [3.05, 3.63) is 16.7 Å². The van der Waals surface area contributed by atoms with Gasteiger partial charge in [-0.3, -0.25) is 18.9 Å². The Bertz CT molecular complexity index is 1220. The number of aromatic nitrogens is 4. The number of nitrogens with two attached hydrogens (primary N) is 1. The van der Waals surface area contributed by atoms with Gasteiger partial charge in [0.2, 0.25) is 5.95 Å². The summed E-state index contributed by atoms with van der Waals surface area (Å²) in [5, 5.41) is 20.4. The van der Waals surface area contributed by atoms with Gasteiger partial charge in [-0.2, -0.15) is 13.6 Å². The Morgan fingerprint density at radius 3 is 2.29 bits per heavy atom. The summed E-state index contributed by atoms with van der Waals surface area (Å²) in [6.07, 6.45) is -5.33. The SMILES string of the molecule is Nc1nc2c(ncn2[C@@H]2O[C@H](COP(=O)(O)OP(=O)(O)OP(=O)(O)O)[C@@H](O)[C@H]2O)c(=O)[nH]1.[Na].[Na]. The number of rotatable bonds is 8. The van der Waals surface area contributed by atoms with Crippen LogP contribution in [-0.4, -0.2) is 133 Å². The first kappa shape index (κ1) is 32.5. The number of H-pyrrole nitrogens is 1. The van der Waals surface area contributed by atoms with Gasteiger partial charge in [-0.25, -0.2) is 18.7 Å². The molecule has 2 radical (unpaired) electrons. The van der Waals surface area contributed by atoms with Crippen molar-refractivity contribution in [2.24, 2.45) is 0 Å². The van der Waals surface area contributed by atoms with Crippen LogP contribution in [-0.2, 0) is 31.6 Å². The maximum absolute atomic E-state index is 11.9. The predicted octanol–water partition coefficient (Wildman–Crippen LogP) is -3.10. The number of hydrogen-bond donors (Lipinski definition) is 8. The molecule has 1 fully saturated rings. The number of phosphoric acid groups is 3. The number of nitrogens with one attached hydrogen (secondary N) is 1. The Balaban J connectivity index is 0.00000289. The third kappa shape index (κ3) is 7.97. The second-order valence-corrected chi connectivity index (χ2v) is 10.6. The summed E-state index contributed by atoms with van der Waals surface area (Å²) in [7, 11) is -16.8. The van der Waals surface area contributed by atoms with Crippen molar-refractivity contribution >= 4 is 99.7 Å². The zero-order chi connectivity index (χ0) is 24.1. The van der Waals surface area contributed by atoms with Crippen molar-refractivity contribution in [2.45, 2.75) is 24.5 Å². The van der Waals surface area contributed by atoms with Crippen LogP contribution in [0.3, 0.4) is 0 Å². The minimum absolute atomic E-state index is 0. The van der Waals surface area contributed by atoms with E-state index in [2.05, 4.69) is 28.1 Å². The van der Waals surface area contributed by atoms with Crippen LogP contribution in [0, 0.1) is 0 Å². The number of aliphatic hydroxyl groups is 2. The van der Waals surface area contributed by atoms with Gasteiger partial charge in [-0.15, -0.1) is 0 Å². The van der Waals surface area contributed by atoms with Gasteiger partial charge < -0.3 is 40.3 Å². The second kappa shape index (κ2) is 11.9. The number of hydrogen-bond acceptors (Lipinski definition) is 13. The summed E-state index contributed by atoms with van der Waals surface area (Å²) in [4.78, 5) is 57.3. The first-order chi connectivity index (χ1) is 14.6. The normalized spacial score (nSPS) is 26.3. The summed E-state index contributed by atoms with van der Waals surface area (Å²) < 4.78 is 51.6. The number of imidazole rings is 1. The van der Waals surface area contributed by atoms with E-state index in [4.69, 9.17) is 25.2 Å². The number of fused-ring (bicyclic) bond motifs is 1. The third-order valence-corrected chi connectivity index (χ3v) is 7.68. The fourth-order valence-electron chi connectivity index (χ4n) is 2.70. The van der Waals surface area contributed by atoms with E-state index in [9.17, 15) is 33.6 Å². The number of nitrogens with zero attached hydrogens (tertiary/aromatic N) is 3. The molecule has 19 nitrogen and oxygen atoms in total. The van der Waals surface area contributed by atoms with Gasteiger partial charge in [0.1, 0.15) is 18.3 Å². The van der Waals surface area contributed by atoms with Crippen LogP contribution in [0.15, 0.2) is 11.1 Å². The van der Waals surface area contributed by atoms with Crippen molar-refractivity contribution < 1.29 is 61.4 Å². The molecule has 0 saturated carbocycles. The van der Waals surface area contributed by atoms with E-state index >= 15 is 0 Å². The van der Waals surface area contributed by atoms with E-state index < -0.39 is 60.2 Å². The smallest absolute Gasteiger partial charge is 0.387 e. The molecule has 1 aliphatic heterocycles. The quantitative estimate of drug-likeness (QED) is 0.115. The maximum Gasteiger partial charge on any atom is 0.490 e. The van der Waals surface area contributed by atoms with Gasteiger partial charge >= 0.3 is 23.5 Å². The van der Waals surface area contributed by atoms with Crippen LogP contribution in [0.1, 0.15) is 6.23 Å². The average Bonchev–Trinajstić information content (AvgIpc) is 3.12. The Morgan fingerprint density at radius 1 is 1.09 bits per heavy atom. The van der Waals surface area contributed by atoms with Gasteiger partial charge in [-0.1, -0.05) is 0 Å². The molecule has 0 spiro atoms. The minimum atomic E-state index is -5.73. The summed E-state index contributed by atoms with van der Waals surface area (Å²) in [6.45, 7) is -1.01. The molecule has 2 unspecified atom stereocenters. The number of phosphoric ester groups is 1. The molecule has 0 amide bonds. The van der Waals surface area contributed by atoms with E-state index in [1.54, 1.807) is 0 Å². The molecule has 1 saturated heterocycles. The Labute approximate surface area is 232 Å². The van der Waals surface area contributed by atoms with Gasteiger partial charge in [0.05, 0.1) is 12.9 Å². The van der Waals surface area contributed by atoms with Crippen molar-refractivity contribution in [2.75, 3.05) is 12.3 Å². The number of anilines is 1. The molecule has 2 aromatic heterocycles. The molecule has 34 heavy (non-hydrogen) atoms. The topological polar surface area (TPSA) is 299 Å². The van der Waals surface area contributed by atoms with Crippen molar-refractivity contribution in [3.63, 3.8) is 0 Å². The predicted molar refractivity (Wildman–Crippen MR) is 110 cm³/mol. The summed E-state index contributed by atoms with van der Waals surface area (Å²) >= 11 is 0. The van der Waals surface area contributed by atoms with Crippen LogP contribution in [0.4, 0.5) is 5.95 Å². The maximum atomic E-state index is 11.9. The van der Waals surface area contributed by atoms with E-state index in [0.717, 1.165) is 10.9 Å².